The van der Waals surface area contributed by atoms with Crippen LogP contribution in [0.15, 0.2) is 33.7 Å². The van der Waals surface area contributed by atoms with E-state index >= 15 is 0 Å². The van der Waals surface area contributed by atoms with Crippen LogP contribution in [0.1, 0.15) is 12.7 Å². The number of benzene rings is 1. The normalized spacial score (nSPS) is 11.9. The first-order chi connectivity index (χ1) is 8.74. The predicted molar refractivity (Wildman–Crippen MR) is 81.0 cm³/mol. The summed E-state index contributed by atoms with van der Waals surface area (Å²) in [6, 6.07) is 8.39. The van der Waals surface area contributed by atoms with Gasteiger partial charge in [-0.3, -0.25) is 0 Å². The van der Waals surface area contributed by atoms with Crippen LogP contribution in [0.3, 0.4) is 0 Å². The second-order valence-corrected chi connectivity index (χ2v) is 4.96. The molecule has 1 unspecified atom stereocenters. The molecule has 1 aromatic heterocycles. The van der Waals surface area contributed by atoms with Gasteiger partial charge in [0.25, 0.3) is 5.89 Å². The standard InChI is InChI=1S/C13H17N3OS.ClH/c1-9(14-2)8-12-15-13(17-16-12)10-6-4-5-7-11(10)18-3;/h4-7,9,14H,8H2,1-3H3;1H. The first-order valence-electron chi connectivity index (χ1n) is 5.88. The summed E-state index contributed by atoms with van der Waals surface area (Å²) in [7, 11) is 1.93. The molecule has 0 fully saturated rings. The Morgan fingerprint density at radius 1 is 1.37 bits per heavy atom. The molecule has 4 nitrogen and oxygen atoms in total. The number of nitrogens with one attached hydrogen (secondary N) is 1. The maximum Gasteiger partial charge on any atom is 0.259 e. The van der Waals surface area contributed by atoms with Crippen molar-refractivity contribution in [3.8, 4) is 11.5 Å². The van der Waals surface area contributed by atoms with Crippen LogP contribution in [-0.4, -0.2) is 29.5 Å². The van der Waals surface area contributed by atoms with Crippen LogP contribution in [0.2, 0.25) is 0 Å². The lowest BCUT2D eigenvalue weighted by Gasteiger charge is -2.04. The molecule has 2 aromatic rings. The first kappa shape index (κ1) is 16.0. The van der Waals surface area contributed by atoms with Gasteiger partial charge in [0.15, 0.2) is 5.82 Å². The average Bonchev–Trinajstić information content (AvgIpc) is 2.86. The summed E-state index contributed by atoms with van der Waals surface area (Å²) in [5.41, 5.74) is 1.00. The molecule has 19 heavy (non-hydrogen) atoms. The predicted octanol–water partition coefficient (Wildman–Crippen LogP) is 3.03. The summed E-state index contributed by atoms with van der Waals surface area (Å²) < 4.78 is 5.34. The third-order valence-corrected chi connectivity index (χ3v) is 3.58. The summed E-state index contributed by atoms with van der Waals surface area (Å²) in [5.74, 6) is 1.33. The Morgan fingerprint density at radius 2 is 2.11 bits per heavy atom. The molecule has 1 N–H and O–H groups in total. The SMILES string of the molecule is CNC(C)Cc1noc(-c2ccccc2SC)n1.Cl. The molecule has 6 heteroatoms. The van der Waals surface area contributed by atoms with Gasteiger partial charge in [0.05, 0.1) is 5.56 Å². The molecule has 1 heterocycles. The van der Waals surface area contributed by atoms with Crippen molar-refractivity contribution in [1.82, 2.24) is 15.5 Å². The molecule has 0 aliphatic heterocycles. The number of rotatable bonds is 5. The number of nitrogens with zero attached hydrogens (tertiary/aromatic N) is 2. The van der Waals surface area contributed by atoms with Crippen molar-refractivity contribution in [2.75, 3.05) is 13.3 Å². The van der Waals surface area contributed by atoms with Crippen LogP contribution in [-0.2, 0) is 6.42 Å². The molecule has 0 aliphatic rings. The molecule has 0 spiro atoms. The minimum absolute atomic E-state index is 0. The Kier molecular flexibility index (Phi) is 6.34. The Labute approximate surface area is 123 Å². The largest absolute Gasteiger partial charge is 0.334 e. The first-order valence-corrected chi connectivity index (χ1v) is 7.10. The van der Waals surface area contributed by atoms with E-state index < -0.39 is 0 Å². The van der Waals surface area contributed by atoms with Crippen LogP contribution in [0.25, 0.3) is 11.5 Å². The third-order valence-electron chi connectivity index (χ3n) is 2.79. The number of halogens is 1. The Morgan fingerprint density at radius 3 is 2.79 bits per heavy atom. The number of hydrogen-bond acceptors (Lipinski definition) is 5. The molecule has 0 saturated carbocycles. The highest BCUT2D eigenvalue weighted by Crippen LogP contribution is 2.28. The highest BCUT2D eigenvalue weighted by molar-refractivity contribution is 7.98. The minimum Gasteiger partial charge on any atom is -0.334 e. The molecular formula is C13H18ClN3OS. The van der Waals surface area contributed by atoms with Crippen molar-refractivity contribution in [3.05, 3.63) is 30.1 Å². The van der Waals surface area contributed by atoms with Gasteiger partial charge >= 0.3 is 0 Å². The molecule has 0 aliphatic carbocycles. The quantitative estimate of drug-likeness (QED) is 0.860. The lowest BCUT2D eigenvalue weighted by molar-refractivity contribution is 0.417. The fraction of sp³-hybridized carbons (Fsp3) is 0.385. The van der Waals surface area contributed by atoms with Crippen molar-refractivity contribution < 1.29 is 4.52 Å². The fourth-order valence-corrected chi connectivity index (χ4v) is 2.23. The summed E-state index contributed by atoms with van der Waals surface area (Å²) in [6.45, 7) is 2.09. The second-order valence-electron chi connectivity index (χ2n) is 4.11. The third kappa shape index (κ3) is 3.96. The van der Waals surface area contributed by atoms with E-state index in [-0.39, 0.29) is 12.4 Å². The van der Waals surface area contributed by atoms with Gasteiger partial charge in [-0.25, -0.2) is 0 Å². The lowest BCUT2D eigenvalue weighted by atomic mass is 10.2. The van der Waals surface area contributed by atoms with E-state index in [1.807, 2.05) is 31.5 Å². The molecule has 0 saturated heterocycles. The van der Waals surface area contributed by atoms with Gasteiger partial charge in [0, 0.05) is 17.4 Å². The number of hydrogen-bond donors (Lipinski definition) is 1. The molecular weight excluding hydrogens is 282 g/mol. The van der Waals surface area contributed by atoms with E-state index in [9.17, 15) is 0 Å². The van der Waals surface area contributed by atoms with E-state index in [0.29, 0.717) is 11.9 Å². The maximum absolute atomic E-state index is 5.34. The molecule has 2 rings (SSSR count). The van der Waals surface area contributed by atoms with Crippen molar-refractivity contribution in [1.29, 1.82) is 0 Å². The lowest BCUT2D eigenvalue weighted by Crippen LogP contribution is -2.24. The summed E-state index contributed by atoms with van der Waals surface area (Å²) in [4.78, 5) is 5.59. The number of aromatic nitrogens is 2. The summed E-state index contributed by atoms with van der Waals surface area (Å²) in [5, 5.41) is 7.18. The van der Waals surface area contributed by atoms with Crippen LogP contribution in [0, 0.1) is 0 Å². The topological polar surface area (TPSA) is 51.0 Å². The van der Waals surface area contributed by atoms with Crippen molar-refractivity contribution in [2.24, 2.45) is 0 Å². The summed E-state index contributed by atoms with van der Waals surface area (Å²) >= 11 is 1.68. The van der Waals surface area contributed by atoms with E-state index in [1.165, 1.54) is 0 Å². The van der Waals surface area contributed by atoms with Gasteiger partial charge in [0.2, 0.25) is 0 Å². The molecule has 1 aromatic carbocycles. The van der Waals surface area contributed by atoms with E-state index in [1.54, 1.807) is 11.8 Å². The molecule has 0 bridgehead atoms. The molecule has 104 valence electrons. The number of thioether (sulfide) groups is 1. The molecule has 0 amide bonds. The molecule has 1 atom stereocenters. The molecule has 0 radical (unpaired) electrons. The monoisotopic (exact) mass is 299 g/mol. The fourth-order valence-electron chi connectivity index (χ4n) is 1.64. The zero-order chi connectivity index (χ0) is 13.0. The van der Waals surface area contributed by atoms with Crippen LogP contribution in [0.5, 0.6) is 0 Å². The Balaban J connectivity index is 0.00000180. The van der Waals surface area contributed by atoms with Crippen LogP contribution >= 0.6 is 24.2 Å². The van der Waals surface area contributed by atoms with E-state index in [0.717, 1.165) is 22.7 Å². The van der Waals surface area contributed by atoms with E-state index in [4.69, 9.17) is 4.52 Å². The smallest absolute Gasteiger partial charge is 0.259 e. The van der Waals surface area contributed by atoms with Gasteiger partial charge in [-0.1, -0.05) is 17.3 Å². The average molecular weight is 300 g/mol. The van der Waals surface area contributed by atoms with Gasteiger partial charge in [-0.15, -0.1) is 24.2 Å². The van der Waals surface area contributed by atoms with Gasteiger partial charge in [-0.05, 0) is 32.4 Å². The maximum atomic E-state index is 5.34. The Bertz CT molecular complexity index is 518. The van der Waals surface area contributed by atoms with Crippen LogP contribution < -0.4 is 5.32 Å². The minimum atomic E-state index is 0. The Hall–Kier alpha value is -1.04. The number of likely N-dealkylation sites (N-methyl/N-ethyl adjacent to an activating group) is 1. The van der Waals surface area contributed by atoms with Crippen molar-refractivity contribution in [3.63, 3.8) is 0 Å². The van der Waals surface area contributed by atoms with Gasteiger partial charge in [0.1, 0.15) is 0 Å². The van der Waals surface area contributed by atoms with Gasteiger partial charge < -0.3 is 9.84 Å². The van der Waals surface area contributed by atoms with E-state index in [2.05, 4.69) is 28.4 Å². The van der Waals surface area contributed by atoms with Crippen molar-refractivity contribution in [2.45, 2.75) is 24.3 Å². The zero-order valence-corrected chi connectivity index (χ0v) is 12.8. The summed E-state index contributed by atoms with van der Waals surface area (Å²) in [6.07, 6.45) is 2.81. The highest BCUT2D eigenvalue weighted by atomic mass is 35.5. The zero-order valence-electron chi connectivity index (χ0n) is 11.2. The van der Waals surface area contributed by atoms with Gasteiger partial charge in [-0.2, -0.15) is 4.98 Å². The van der Waals surface area contributed by atoms with Crippen LogP contribution in [0.4, 0.5) is 0 Å². The highest BCUT2D eigenvalue weighted by Gasteiger charge is 2.13. The van der Waals surface area contributed by atoms with Crippen molar-refractivity contribution >= 4 is 24.2 Å². The second kappa shape index (κ2) is 7.53.